The largest absolute Gasteiger partial charge is 0.356 e. The summed E-state index contributed by atoms with van der Waals surface area (Å²) in [7, 11) is 1.80. The summed E-state index contributed by atoms with van der Waals surface area (Å²) < 4.78 is 4.25. The highest BCUT2D eigenvalue weighted by molar-refractivity contribution is 14.0. The van der Waals surface area contributed by atoms with Gasteiger partial charge in [0.15, 0.2) is 5.96 Å². The van der Waals surface area contributed by atoms with Crippen LogP contribution in [0.3, 0.4) is 0 Å². The van der Waals surface area contributed by atoms with E-state index in [2.05, 4.69) is 72.2 Å². The summed E-state index contributed by atoms with van der Waals surface area (Å²) >= 11 is 0. The van der Waals surface area contributed by atoms with Crippen LogP contribution in [0.1, 0.15) is 29.2 Å². The lowest BCUT2D eigenvalue weighted by molar-refractivity contribution is 0.555. The average Bonchev–Trinajstić information content (AvgIpc) is 3.29. The third-order valence-electron chi connectivity index (χ3n) is 4.80. The molecule has 2 heterocycles. The van der Waals surface area contributed by atoms with Crippen molar-refractivity contribution in [3.8, 4) is 0 Å². The molecule has 3 aromatic rings. The summed E-state index contributed by atoms with van der Waals surface area (Å²) in [5, 5.41) is 11.2. The number of imidazole rings is 1. The fourth-order valence-corrected chi connectivity index (χ4v) is 3.34. The van der Waals surface area contributed by atoms with Gasteiger partial charge in [-0.05, 0) is 31.9 Å². The molecule has 0 fully saturated rings. The van der Waals surface area contributed by atoms with Crippen molar-refractivity contribution < 1.29 is 0 Å². The maximum Gasteiger partial charge on any atom is 0.190 e. The number of nitrogens with one attached hydrogen (secondary N) is 2. The number of hydrogen-bond acceptors (Lipinski definition) is 3. The molecule has 0 saturated carbocycles. The minimum absolute atomic E-state index is 0. The first-order valence-corrected chi connectivity index (χ1v) is 10.1. The van der Waals surface area contributed by atoms with Gasteiger partial charge in [0, 0.05) is 57.7 Å². The first-order chi connectivity index (χ1) is 14.2. The number of aromatic nitrogens is 4. The summed E-state index contributed by atoms with van der Waals surface area (Å²) in [6, 6.07) is 12.6. The van der Waals surface area contributed by atoms with E-state index >= 15 is 0 Å². The molecule has 0 spiro atoms. The highest BCUT2D eigenvalue weighted by Gasteiger charge is 2.05. The molecule has 2 N–H and O–H groups in total. The van der Waals surface area contributed by atoms with Crippen molar-refractivity contribution in [2.45, 2.75) is 39.8 Å². The van der Waals surface area contributed by atoms with Gasteiger partial charge < -0.3 is 15.2 Å². The molecule has 8 heteroatoms. The second-order valence-corrected chi connectivity index (χ2v) is 7.14. The van der Waals surface area contributed by atoms with Crippen LogP contribution < -0.4 is 10.6 Å². The minimum Gasteiger partial charge on any atom is -0.356 e. The number of nitrogens with zero attached hydrogens (tertiary/aromatic N) is 5. The number of guanidine groups is 1. The molecule has 0 amide bonds. The van der Waals surface area contributed by atoms with Crippen LogP contribution in [0.5, 0.6) is 0 Å². The van der Waals surface area contributed by atoms with Gasteiger partial charge in [0.05, 0.1) is 5.69 Å². The number of benzene rings is 1. The van der Waals surface area contributed by atoms with Crippen molar-refractivity contribution in [3.63, 3.8) is 0 Å². The van der Waals surface area contributed by atoms with Crippen molar-refractivity contribution in [1.82, 2.24) is 30.0 Å². The van der Waals surface area contributed by atoms with Crippen LogP contribution in [0.25, 0.3) is 0 Å². The molecular formula is C22H32IN7. The van der Waals surface area contributed by atoms with E-state index in [-0.39, 0.29) is 24.0 Å². The van der Waals surface area contributed by atoms with Gasteiger partial charge in [0.25, 0.3) is 0 Å². The zero-order chi connectivity index (χ0) is 20.5. The van der Waals surface area contributed by atoms with Gasteiger partial charge >= 0.3 is 0 Å². The lowest BCUT2D eigenvalue weighted by Crippen LogP contribution is -2.39. The van der Waals surface area contributed by atoms with Crippen molar-refractivity contribution in [1.29, 1.82) is 0 Å². The number of aryl methyl sites for hydroxylation is 3. The third kappa shape index (κ3) is 7.16. The molecule has 30 heavy (non-hydrogen) atoms. The van der Waals surface area contributed by atoms with Gasteiger partial charge in [-0.15, -0.1) is 24.0 Å². The normalized spacial score (nSPS) is 11.2. The van der Waals surface area contributed by atoms with E-state index in [1.165, 1.54) is 11.3 Å². The molecule has 0 aliphatic heterocycles. The molecule has 0 unspecified atom stereocenters. The van der Waals surface area contributed by atoms with Crippen molar-refractivity contribution in [2.24, 2.45) is 4.99 Å². The van der Waals surface area contributed by atoms with Gasteiger partial charge in [0.1, 0.15) is 5.82 Å². The van der Waals surface area contributed by atoms with E-state index in [1.54, 1.807) is 7.05 Å². The maximum absolute atomic E-state index is 4.51. The first kappa shape index (κ1) is 23.9. The second-order valence-electron chi connectivity index (χ2n) is 7.14. The Kier molecular flexibility index (Phi) is 9.85. The fraction of sp³-hybridized carbons (Fsp3) is 0.409. The zero-order valence-corrected chi connectivity index (χ0v) is 20.3. The Bertz CT molecular complexity index is 915. The Morgan fingerprint density at radius 1 is 1.10 bits per heavy atom. The molecule has 1 aromatic carbocycles. The Balaban J connectivity index is 0.00000320. The lowest BCUT2D eigenvalue weighted by Gasteiger charge is -2.13. The molecule has 0 saturated heterocycles. The van der Waals surface area contributed by atoms with E-state index in [4.69, 9.17) is 0 Å². The smallest absolute Gasteiger partial charge is 0.190 e. The summed E-state index contributed by atoms with van der Waals surface area (Å²) in [5.41, 5.74) is 3.55. The van der Waals surface area contributed by atoms with Crippen LogP contribution in [0.15, 0.2) is 53.8 Å². The van der Waals surface area contributed by atoms with E-state index in [9.17, 15) is 0 Å². The monoisotopic (exact) mass is 521 g/mol. The number of halogens is 1. The molecule has 2 aromatic heterocycles. The van der Waals surface area contributed by atoms with Crippen LogP contribution in [0.2, 0.25) is 0 Å². The second kappa shape index (κ2) is 12.4. The Morgan fingerprint density at radius 2 is 1.87 bits per heavy atom. The van der Waals surface area contributed by atoms with Gasteiger partial charge in [0.2, 0.25) is 0 Å². The van der Waals surface area contributed by atoms with E-state index in [0.717, 1.165) is 56.5 Å². The highest BCUT2D eigenvalue weighted by atomic mass is 127. The predicted molar refractivity (Wildman–Crippen MR) is 133 cm³/mol. The van der Waals surface area contributed by atoms with Crippen LogP contribution >= 0.6 is 24.0 Å². The van der Waals surface area contributed by atoms with Crippen LogP contribution in [0, 0.1) is 13.8 Å². The molecule has 0 radical (unpaired) electrons. The van der Waals surface area contributed by atoms with E-state index in [1.807, 2.05) is 25.4 Å². The van der Waals surface area contributed by atoms with E-state index in [0.29, 0.717) is 0 Å². The number of rotatable bonds is 9. The molecule has 0 aliphatic carbocycles. The molecular weight excluding hydrogens is 489 g/mol. The van der Waals surface area contributed by atoms with Crippen molar-refractivity contribution in [2.75, 3.05) is 20.1 Å². The Labute approximate surface area is 196 Å². The Hall–Kier alpha value is -2.36. The molecule has 0 atom stereocenters. The van der Waals surface area contributed by atoms with Crippen molar-refractivity contribution >= 4 is 29.9 Å². The maximum atomic E-state index is 4.51. The van der Waals surface area contributed by atoms with Crippen LogP contribution in [-0.4, -0.2) is 45.4 Å². The first-order valence-electron chi connectivity index (χ1n) is 10.1. The third-order valence-corrected chi connectivity index (χ3v) is 4.80. The standard InChI is InChI=1S/C22H31N7.HI/c1-18-16-19(2)29(27-18)14-7-11-25-22(23-3)26-12-10-21-24-13-15-28(21)17-20-8-5-4-6-9-20;/h4-6,8-9,13,15-16H,7,10-12,14,17H2,1-3H3,(H2,23,25,26);1H. The molecule has 3 rings (SSSR count). The van der Waals surface area contributed by atoms with Gasteiger partial charge in [-0.25, -0.2) is 4.98 Å². The zero-order valence-electron chi connectivity index (χ0n) is 18.0. The summed E-state index contributed by atoms with van der Waals surface area (Å²) in [4.78, 5) is 8.82. The molecule has 7 nitrogen and oxygen atoms in total. The van der Waals surface area contributed by atoms with Crippen molar-refractivity contribution in [3.05, 3.63) is 71.6 Å². The van der Waals surface area contributed by atoms with Gasteiger partial charge in [-0.2, -0.15) is 5.10 Å². The van der Waals surface area contributed by atoms with Crippen LogP contribution in [-0.2, 0) is 19.5 Å². The average molecular weight is 521 g/mol. The summed E-state index contributed by atoms with van der Waals surface area (Å²) in [5.74, 6) is 1.89. The number of hydrogen-bond donors (Lipinski definition) is 2. The topological polar surface area (TPSA) is 72.1 Å². The van der Waals surface area contributed by atoms with E-state index < -0.39 is 0 Å². The molecule has 0 bridgehead atoms. The summed E-state index contributed by atoms with van der Waals surface area (Å²) in [6.45, 7) is 7.49. The fourth-order valence-electron chi connectivity index (χ4n) is 3.34. The number of aliphatic imine (C=N–C) groups is 1. The van der Waals surface area contributed by atoms with Crippen LogP contribution in [0.4, 0.5) is 0 Å². The Morgan fingerprint density at radius 3 is 2.57 bits per heavy atom. The SMILES string of the molecule is CN=C(NCCCn1nc(C)cc1C)NCCc1nccn1Cc1ccccc1.I. The lowest BCUT2D eigenvalue weighted by atomic mass is 10.2. The molecule has 0 aliphatic rings. The van der Waals surface area contributed by atoms with Gasteiger partial charge in [-0.1, -0.05) is 30.3 Å². The summed E-state index contributed by atoms with van der Waals surface area (Å²) in [6.07, 6.45) is 5.73. The predicted octanol–water partition coefficient (Wildman–Crippen LogP) is 3.16. The molecule has 162 valence electrons. The highest BCUT2D eigenvalue weighted by Crippen LogP contribution is 2.06. The minimum atomic E-state index is 0. The van der Waals surface area contributed by atoms with Gasteiger partial charge in [-0.3, -0.25) is 9.67 Å². The quantitative estimate of drug-likeness (QED) is 0.197.